The molecule has 5 rings (SSSR count). The molecular weight excluding hydrogens is 518 g/mol. The van der Waals surface area contributed by atoms with Crippen LogP contribution in [0.5, 0.6) is 0 Å². The first-order chi connectivity index (χ1) is 20.0. The molecule has 0 aliphatic carbocycles. The number of morpholine rings is 1. The minimum atomic E-state index is -0.167. The number of hydrogen-bond donors (Lipinski definition) is 1. The molecule has 0 unspecified atom stereocenters. The lowest BCUT2D eigenvalue weighted by Gasteiger charge is -2.41. The fourth-order valence-electron chi connectivity index (χ4n) is 5.61. The number of amides is 1. The number of nitrogens with zero attached hydrogens (tertiary/aromatic N) is 6. The molecule has 1 amide bonds. The average Bonchev–Trinajstić information content (AvgIpc) is 3.42. The van der Waals surface area contributed by atoms with Gasteiger partial charge >= 0.3 is 0 Å². The Balaban J connectivity index is 1.29. The molecule has 212 valence electrons. The van der Waals surface area contributed by atoms with Gasteiger partial charge in [-0.05, 0) is 43.2 Å². The number of carbonyl (C=O) groups excluding carboxylic acids is 1. The largest absolute Gasteiger partial charge is 0.394 e. The van der Waals surface area contributed by atoms with Crippen molar-refractivity contribution in [1.29, 1.82) is 10.5 Å². The fraction of sp³-hybridized carbons (Fsp3) is 0.419. The molecule has 3 aromatic rings. The minimum absolute atomic E-state index is 0.109. The van der Waals surface area contributed by atoms with Crippen LogP contribution in [0.15, 0.2) is 53.8 Å². The van der Waals surface area contributed by atoms with Crippen molar-refractivity contribution in [3.05, 3.63) is 70.9 Å². The van der Waals surface area contributed by atoms with Crippen LogP contribution in [0.2, 0.25) is 0 Å². The molecule has 2 aliphatic rings. The quantitative estimate of drug-likeness (QED) is 0.246. The molecule has 2 saturated heterocycles. The van der Waals surface area contributed by atoms with Crippen LogP contribution in [0.4, 0.5) is 0 Å². The highest BCUT2D eigenvalue weighted by atomic mass is 16.6. The van der Waals surface area contributed by atoms with Crippen molar-refractivity contribution in [1.82, 2.24) is 19.7 Å². The summed E-state index contributed by atoms with van der Waals surface area (Å²) in [5.74, 6) is -0.167. The first-order valence-electron chi connectivity index (χ1n) is 14.0. The second-order valence-corrected chi connectivity index (χ2v) is 10.6. The van der Waals surface area contributed by atoms with E-state index in [0.717, 1.165) is 55.0 Å². The summed E-state index contributed by atoms with van der Waals surface area (Å²) >= 11 is 0. The van der Waals surface area contributed by atoms with E-state index in [1.807, 2.05) is 36.2 Å². The molecule has 2 aliphatic heterocycles. The maximum Gasteiger partial charge on any atom is 0.254 e. The van der Waals surface area contributed by atoms with E-state index >= 15 is 0 Å². The van der Waals surface area contributed by atoms with Gasteiger partial charge in [0.25, 0.3) is 5.91 Å². The number of rotatable bonds is 9. The Morgan fingerprint density at radius 2 is 1.83 bits per heavy atom. The molecular formula is C31H35N7O3. The van der Waals surface area contributed by atoms with E-state index in [0.29, 0.717) is 55.9 Å². The van der Waals surface area contributed by atoms with Crippen molar-refractivity contribution < 1.29 is 14.4 Å². The monoisotopic (exact) mass is 553 g/mol. The van der Waals surface area contributed by atoms with Crippen LogP contribution in [-0.4, -0.2) is 103 Å². The number of hydrogen-bond acceptors (Lipinski definition) is 8. The number of nitrogens with one attached hydrogen (secondary N) is 1. The van der Waals surface area contributed by atoms with Gasteiger partial charge in [-0.2, -0.15) is 10.5 Å². The molecule has 0 bridgehead atoms. The molecule has 2 fully saturated rings. The van der Waals surface area contributed by atoms with Gasteiger partial charge in [0.1, 0.15) is 6.61 Å². The highest BCUT2D eigenvalue weighted by molar-refractivity contribution is 5.95. The van der Waals surface area contributed by atoms with Crippen LogP contribution >= 0.6 is 0 Å². The molecule has 1 aromatic heterocycles. The summed E-state index contributed by atoms with van der Waals surface area (Å²) in [7, 11) is 0. The first-order valence-corrected chi connectivity index (χ1v) is 14.0. The van der Waals surface area contributed by atoms with E-state index in [1.54, 1.807) is 12.1 Å². The molecule has 10 heteroatoms. The van der Waals surface area contributed by atoms with E-state index in [9.17, 15) is 15.3 Å². The second kappa shape index (κ2) is 13.4. The zero-order valence-corrected chi connectivity index (χ0v) is 23.4. The van der Waals surface area contributed by atoms with E-state index in [-0.39, 0.29) is 11.9 Å². The molecule has 0 spiro atoms. The Bertz CT molecular complexity index is 1450. The Morgan fingerprint density at radius 1 is 1.07 bits per heavy atom. The highest BCUT2D eigenvalue weighted by Gasteiger charge is 2.32. The lowest BCUT2D eigenvalue weighted by Crippen LogP contribution is -2.56. The number of oxime groups is 1. The third-order valence-electron chi connectivity index (χ3n) is 7.67. The van der Waals surface area contributed by atoms with Gasteiger partial charge in [0.05, 0.1) is 42.2 Å². The molecule has 2 aromatic carbocycles. The van der Waals surface area contributed by atoms with Crippen LogP contribution in [-0.2, 0) is 16.0 Å². The first kappa shape index (κ1) is 28.3. The van der Waals surface area contributed by atoms with Crippen molar-refractivity contribution in [2.45, 2.75) is 19.4 Å². The fourth-order valence-corrected chi connectivity index (χ4v) is 5.61. The van der Waals surface area contributed by atoms with E-state index in [1.165, 1.54) is 6.07 Å². The van der Waals surface area contributed by atoms with Crippen LogP contribution < -0.4 is 0 Å². The van der Waals surface area contributed by atoms with Crippen LogP contribution in [0, 0.1) is 22.7 Å². The Hall–Kier alpha value is -4.22. The Morgan fingerprint density at radius 3 is 2.59 bits per heavy atom. The lowest BCUT2D eigenvalue weighted by molar-refractivity contribution is 0.0209. The van der Waals surface area contributed by atoms with Gasteiger partial charge in [-0.15, -0.1) is 0 Å². The minimum Gasteiger partial charge on any atom is -0.394 e. The number of carbonyl (C=O) groups is 1. The molecule has 0 saturated carbocycles. The van der Waals surface area contributed by atoms with Crippen molar-refractivity contribution in [2.24, 2.45) is 5.16 Å². The Labute approximate surface area is 240 Å². The van der Waals surface area contributed by atoms with Crippen molar-refractivity contribution in [3.63, 3.8) is 0 Å². The van der Waals surface area contributed by atoms with Gasteiger partial charge in [0, 0.05) is 74.5 Å². The topological polar surface area (TPSA) is 121 Å². The summed E-state index contributed by atoms with van der Waals surface area (Å²) in [5.41, 5.74) is 4.07. The third kappa shape index (κ3) is 7.11. The molecule has 1 N–H and O–H groups in total. The summed E-state index contributed by atoms with van der Waals surface area (Å²) in [6.07, 6.45) is 2.69. The van der Waals surface area contributed by atoms with Crippen molar-refractivity contribution in [3.8, 4) is 12.1 Å². The number of ether oxygens (including phenoxy) is 1. The zero-order valence-electron chi connectivity index (χ0n) is 23.4. The smallest absolute Gasteiger partial charge is 0.254 e. The number of aromatic amines is 1. The van der Waals surface area contributed by atoms with Gasteiger partial charge < -0.3 is 19.5 Å². The third-order valence-corrected chi connectivity index (χ3v) is 7.67. The molecule has 1 atom stereocenters. The predicted molar refractivity (Wildman–Crippen MR) is 155 cm³/mol. The number of piperazine rings is 1. The maximum atomic E-state index is 13.8. The molecule has 41 heavy (non-hydrogen) atoms. The van der Waals surface area contributed by atoms with E-state index in [2.05, 4.69) is 38.1 Å². The number of fused-ring (bicyclic) bond motifs is 1. The van der Waals surface area contributed by atoms with Gasteiger partial charge in [0.2, 0.25) is 0 Å². The SMILES string of the molecule is C/C(CN1CCN(C(=O)c2cc(C#N)cc(C#N)c2)[C@H](Cc2c[nH]c3ccccc23)C1)=N\OCCN1CCOCC1. The summed E-state index contributed by atoms with van der Waals surface area (Å²) in [6, 6.07) is 16.8. The molecule has 3 heterocycles. The number of para-hydroxylation sites is 1. The zero-order chi connectivity index (χ0) is 28.6. The van der Waals surface area contributed by atoms with Crippen molar-refractivity contribution >= 4 is 22.5 Å². The van der Waals surface area contributed by atoms with E-state index < -0.39 is 0 Å². The number of H-pyrrole nitrogens is 1. The lowest BCUT2D eigenvalue weighted by atomic mass is 9.99. The second-order valence-electron chi connectivity index (χ2n) is 10.6. The highest BCUT2D eigenvalue weighted by Crippen LogP contribution is 2.24. The van der Waals surface area contributed by atoms with Gasteiger partial charge in [-0.1, -0.05) is 23.4 Å². The summed E-state index contributed by atoms with van der Waals surface area (Å²) in [4.78, 5) is 29.3. The summed E-state index contributed by atoms with van der Waals surface area (Å²) in [6.45, 7) is 9.22. The van der Waals surface area contributed by atoms with E-state index in [4.69, 9.17) is 9.57 Å². The number of aromatic nitrogens is 1. The standard InChI is InChI=1S/C31H35N7O3/c1-23(35-41-13-10-36-8-11-40-12-9-36)21-37-6-7-38(31(39)26-15-24(18-32)14-25(16-26)19-33)28(22-37)17-27-20-34-30-5-3-2-4-29(27)30/h2-5,14-16,20,28,34H,6-13,17,21-22H2,1H3/b35-23+/t28-/m1/s1. The Kier molecular flexibility index (Phi) is 9.27. The number of nitriles is 2. The normalized spacial score (nSPS) is 18.7. The predicted octanol–water partition coefficient (Wildman–Crippen LogP) is 3.01. The van der Waals surface area contributed by atoms with Gasteiger partial charge in [0.15, 0.2) is 0 Å². The van der Waals surface area contributed by atoms with Crippen LogP contribution in [0.25, 0.3) is 10.9 Å². The molecule has 0 radical (unpaired) electrons. The average molecular weight is 554 g/mol. The van der Waals surface area contributed by atoms with Gasteiger partial charge in [-0.3, -0.25) is 14.6 Å². The molecule has 10 nitrogen and oxygen atoms in total. The summed E-state index contributed by atoms with van der Waals surface area (Å²) in [5, 5.41) is 24.4. The van der Waals surface area contributed by atoms with Crippen molar-refractivity contribution in [2.75, 3.05) is 65.6 Å². The maximum absolute atomic E-state index is 13.8. The number of benzene rings is 2. The summed E-state index contributed by atoms with van der Waals surface area (Å²) < 4.78 is 5.39. The van der Waals surface area contributed by atoms with Crippen LogP contribution in [0.3, 0.4) is 0 Å². The van der Waals surface area contributed by atoms with Gasteiger partial charge in [-0.25, -0.2) is 0 Å². The van der Waals surface area contributed by atoms with Crippen LogP contribution in [0.1, 0.15) is 34.0 Å².